The molecule has 6 heteroatoms. The Morgan fingerprint density at radius 3 is 2.59 bits per heavy atom. The lowest BCUT2D eigenvalue weighted by Gasteiger charge is -2.26. The van der Waals surface area contributed by atoms with Crippen LogP contribution in [0, 0.1) is 0 Å². The second-order valence-corrected chi connectivity index (χ2v) is 6.04. The maximum atomic E-state index is 12.0. The zero-order valence-electron chi connectivity index (χ0n) is 12.8. The Morgan fingerprint density at radius 1 is 1.27 bits per heavy atom. The molecule has 2 heterocycles. The van der Waals surface area contributed by atoms with Gasteiger partial charge in [-0.25, -0.2) is 4.79 Å². The van der Waals surface area contributed by atoms with Gasteiger partial charge in [0.1, 0.15) is 24.4 Å². The molecule has 0 amide bonds. The van der Waals surface area contributed by atoms with Gasteiger partial charge in [0.15, 0.2) is 12.1 Å². The number of rotatable bonds is 3. The van der Waals surface area contributed by atoms with Crippen molar-refractivity contribution in [3.05, 3.63) is 35.9 Å². The molecule has 2 aliphatic heterocycles. The first-order valence-corrected chi connectivity index (χ1v) is 7.32. The molecular formula is C16H20O6. The first-order valence-electron chi connectivity index (χ1n) is 7.32. The minimum Gasteiger partial charge on any atom is -0.456 e. The molecule has 6 nitrogen and oxygen atoms in total. The average molecular weight is 308 g/mol. The Balaban J connectivity index is 1.62. The van der Waals surface area contributed by atoms with E-state index in [2.05, 4.69) is 0 Å². The third-order valence-corrected chi connectivity index (χ3v) is 3.82. The van der Waals surface area contributed by atoms with E-state index < -0.39 is 42.5 Å². The molecule has 0 unspecified atom stereocenters. The van der Waals surface area contributed by atoms with Gasteiger partial charge in [-0.1, -0.05) is 18.2 Å². The van der Waals surface area contributed by atoms with E-state index in [0.717, 1.165) is 0 Å². The highest BCUT2D eigenvalue weighted by atomic mass is 16.8. The van der Waals surface area contributed by atoms with Crippen molar-refractivity contribution < 1.29 is 28.8 Å². The number of hydrogen-bond acceptors (Lipinski definition) is 6. The number of fused-ring (bicyclic) bond motifs is 1. The van der Waals surface area contributed by atoms with Crippen molar-refractivity contribution in [3.63, 3.8) is 0 Å². The van der Waals surface area contributed by atoms with E-state index >= 15 is 0 Å². The van der Waals surface area contributed by atoms with Crippen LogP contribution in [0.5, 0.6) is 0 Å². The molecule has 1 N–H and O–H groups in total. The maximum absolute atomic E-state index is 12.0. The van der Waals surface area contributed by atoms with Crippen LogP contribution in [0.15, 0.2) is 30.3 Å². The van der Waals surface area contributed by atoms with Gasteiger partial charge in [-0.05, 0) is 32.9 Å². The first kappa shape index (κ1) is 15.4. The van der Waals surface area contributed by atoms with Crippen molar-refractivity contribution in [1.82, 2.24) is 0 Å². The van der Waals surface area contributed by atoms with E-state index in [4.69, 9.17) is 18.9 Å². The number of aliphatic hydroxyl groups is 1. The van der Waals surface area contributed by atoms with Crippen LogP contribution in [0.1, 0.15) is 31.1 Å². The third kappa shape index (κ3) is 2.87. The molecule has 0 aromatic heterocycles. The van der Waals surface area contributed by atoms with Crippen LogP contribution in [-0.4, -0.2) is 47.6 Å². The third-order valence-electron chi connectivity index (χ3n) is 3.82. The van der Waals surface area contributed by atoms with Crippen LogP contribution < -0.4 is 0 Å². The summed E-state index contributed by atoms with van der Waals surface area (Å²) < 4.78 is 22.2. The van der Waals surface area contributed by atoms with Gasteiger partial charge in [-0.3, -0.25) is 0 Å². The highest BCUT2D eigenvalue weighted by Crippen LogP contribution is 2.38. The SMILES string of the molecule is C[C@@H](OC(=O)c1ccccc1)[C@H]1O[C@@H]2OC(C)(C)O[C@@H]2[C@@H]1O. The number of esters is 1. The van der Waals surface area contributed by atoms with Crippen LogP contribution in [0.3, 0.4) is 0 Å². The summed E-state index contributed by atoms with van der Waals surface area (Å²) >= 11 is 0. The zero-order chi connectivity index (χ0) is 15.9. The van der Waals surface area contributed by atoms with E-state index in [1.807, 2.05) is 6.07 Å². The van der Waals surface area contributed by atoms with E-state index in [1.54, 1.807) is 45.0 Å². The summed E-state index contributed by atoms with van der Waals surface area (Å²) in [5, 5.41) is 10.3. The number of hydrogen-bond donors (Lipinski definition) is 1. The van der Waals surface area contributed by atoms with Gasteiger partial charge < -0.3 is 24.1 Å². The van der Waals surface area contributed by atoms with Gasteiger partial charge >= 0.3 is 5.97 Å². The predicted molar refractivity (Wildman–Crippen MR) is 76.0 cm³/mol. The summed E-state index contributed by atoms with van der Waals surface area (Å²) in [6, 6.07) is 8.68. The van der Waals surface area contributed by atoms with Gasteiger partial charge in [0.05, 0.1) is 5.56 Å². The minimum atomic E-state index is -0.912. The van der Waals surface area contributed by atoms with Crippen molar-refractivity contribution in [2.24, 2.45) is 0 Å². The lowest BCUT2D eigenvalue weighted by atomic mass is 10.1. The minimum absolute atomic E-state index is 0.454. The van der Waals surface area contributed by atoms with Crippen molar-refractivity contribution in [2.45, 2.75) is 57.3 Å². The largest absolute Gasteiger partial charge is 0.456 e. The Bertz CT molecular complexity index is 543. The summed E-state index contributed by atoms with van der Waals surface area (Å²) in [7, 11) is 0. The van der Waals surface area contributed by atoms with Gasteiger partial charge in [0, 0.05) is 0 Å². The lowest BCUT2D eigenvalue weighted by molar-refractivity contribution is -0.224. The van der Waals surface area contributed by atoms with Crippen molar-refractivity contribution in [2.75, 3.05) is 0 Å². The Kier molecular flexibility index (Phi) is 3.94. The van der Waals surface area contributed by atoms with Crippen LogP contribution in [-0.2, 0) is 18.9 Å². The molecule has 0 saturated carbocycles. The number of aliphatic hydroxyl groups excluding tert-OH is 1. The normalized spacial score (nSPS) is 34.2. The summed E-state index contributed by atoms with van der Waals surface area (Å²) in [5.74, 6) is -1.24. The molecule has 0 bridgehead atoms. The van der Waals surface area contributed by atoms with E-state index in [9.17, 15) is 9.90 Å². The van der Waals surface area contributed by atoms with Gasteiger partial charge in [-0.15, -0.1) is 0 Å². The molecule has 5 atom stereocenters. The maximum Gasteiger partial charge on any atom is 0.338 e. The van der Waals surface area contributed by atoms with Crippen molar-refractivity contribution >= 4 is 5.97 Å². The molecule has 120 valence electrons. The molecule has 22 heavy (non-hydrogen) atoms. The predicted octanol–water partition coefficient (Wildman–Crippen LogP) is 1.47. The molecule has 2 aliphatic rings. The highest BCUT2D eigenvalue weighted by Gasteiger charge is 2.56. The van der Waals surface area contributed by atoms with Crippen molar-refractivity contribution in [1.29, 1.82) is 0 Å². The fourth-order valence-corrected chi connectivity index (χ4v) is 2.78. The highest BCUT2D eigenvalue weighted by molar-refractivity contribution is 5.89. The molecule has 1 aromatic carbocycles. The second-order valence-electron chi connectivity index (χ2n) is 6.04. The molecular weight excluding hydrogens is 288 g/mol. The van der Waals surface area contributed by atoms with E-state index in [1.165, 1.54) is 0 Å². The quantitative estimate of drug-likeness (QED) is 0.852. The standard InChI is InChI=1S/C16H20O6/c1-9(19-14(18)10-7-5-4-6-8-10)12-11(17)13-15(20-12)22-16(2,3)21-13/h4-9,11-13,15,17H,1-3H3/t9-,11-,12-,13-,15-/m1/s1. The van der Waals surface area contributed by atoms with Crippen LogP contribution >= 0.6 is 0 Å². The topological polar surface area (TPSA) is 74.2 Å². The number of benzene rings is 1. The Labute approximate surface area is 128 Å². The first-order chi connectivity index (χ1) is 10.4. The lowest BCUT2D eigenvalue weighted by Crippen LogP contribution is -2.41. The monoisotopic (exact) mass is 308 g/mol. The number of ether oxygens (including phenoxy) is 4. The Hall–Kier alpha value is -1.47. The number of carbonyl (C=O) groups is 1. The summed E-state index contributed by atoms with van der Waals surface area (Å²) in [5.41, 5.74) is 0.454. The van der Waals surface area contributed by atoms with Crippen molar-refractivity contribution in [3.8, 4) is 0 Å². The molecule has 3 rings (SSSR count). The molecule has 1 aromatic rings. The fraction of sp³-hybridized carbons (Fsp3) is 0.562. The molecule has 0 aliphatic carbocycles. The average Bonchev–Trinajstić information content (AvgIpc) is 2.93. The smallest absolute Gasteiger partial charge is 0.338 e. The second kappa shape index (κ2) is 5.62. The molecule has 2 saturated heterocycles. The number of carbonyl (C=O) groups excluding carboxylic acids is 1. The summed E-state index contributed by atoms with van der Waals surface area (Å²) in [4.78, 5) is 12.0. The molecule has 2 fully saturated rings. The van der Waals surface area contributed by atoms with Crippen LogP contribution in [0.2, 0.25) is 0 Å². The molecule has 0 spiro atoms. The van der Waals surface area contributed by atoms with E-state index in [0.29, 0.717) is 5.56 Å². The van der Waals surface area contributed by atoms with Gasteiger partial charge in [-0.2, -0.15) is 0 Å². The van der Waals surface area contributed by atoms with Gasteiger partial charge in [0.25, 0.3) is 0 Å². The van der Waals surface area contributed by atoms with E-state index in [-0.39, 0.29) is 0 Å². The fourth-order valence-electron chi connectivity index (χ4n) is 2.78. The Morgan fingerprint density at radius 2 is 1.95 bits per heavy atom. The molecule has 0 radical (unpaired) electrons. The summed E-state index contributed by atoms with van der Waals surface area (Å²) in [6.07, 6.45) is -3.43. The van der Waals surface area contributed by atoms with Crippen LogP contribution in [0.25, 0.3) is 0 Å². The zero-order valence-corrected chi connectivity index (χ0v) is 12.8. The van der Waals surface area contributed by atoms with Gasteiger partial charge in [0.2, 0.25) is 0 Å². The summed E-state index contributed by atoms with van der Waals surface area (Å²) in [6.45, 7) is 5.20. The van der Waals surface area contributed by atoms with Crippen LogP contribution in [0.4, 0.5) is 0 Å².